The Kier molecular flexibility index (Phi) is 2.44. The zero-order valence-corrected chi connectivity index (χ0v) is 6.14. The maximum Gasteiger partial charge on any atom is 0.336 e. The van der Waals surface area contributed by atoms with Crippen LogP contribution in [0.25, 0.3) is 0 Å². The number of aromatic nitrogens is 1. The number of nitrogens with zero attached hydrogens (tertiary/aromatic N) is 2. The summed E-state index contributed by atoms with van der Waals surface area (Å²) in [7, 11) is 1.27. The summed E-state index contributed by atoms with van der Waals surface area (Å²) in [6.07, 6.45) is 3.01. The minimum absolute atomic E-state index is 0.206. The van der Waals surface area contributed by atoms with Crippen LogP contribution >= 0.6 is 0 Å². The smallest absolute Gasteiger partial charge is 0.336 e. The summed E-state index contributed by atoms with van der Waals surface area (Å²) in [4.78, 5) is 10.4. The predicted molar refractivity (Wildman–Crippen MR) is 40.4 cm³/mol. The van der Waals surface area contributed by atoms with Crippen molar-refractivity contribution in [1.82, 2.24) is 0 Å². The topological polar surface area (TPSA) is 65.0 Å². The van der Waals surface area contributed by atoms with Crippen LogP contribution in [0.3, 0.4) is 0 Å². The lowest BCUT2D eigenvalue weighted by Gasteiger charge is -2.00. The molecule has 4 nitrogen and oxygen atoms in total. The molecule has 0 aliphatic rings. The Morgan fingerprint density at radius 1 is 1.58 bits per heavy atom. The summed E-state index contributed by atoms with van der Waals surface area (Å²) in [5.41, 5.74) is 0.206. The molecule has 0 spiro atoms. The Bertz CT molecular complexity index is 328. The maximum atomic E-state index is 10.4. The highest BCUT2D eigenvalue weighted by Crippen LogP contribution is 1.92. The number of nitriles is 1. The molecule has 5 heteroatoms. The fraction of sp³-hybridized carbons (Fsp3) is 0. The first-order valence-electron chi connectivity index (χ1n) is 3.21. The van der Waals surface area contributed by atoms with Crippen LogP contribution < -0.4 is 4.48 Å². The van der Waals surface area contributed by atoms with Crippen LogP contribution in [0.4, 0.5) is 0 Å². The molecule has 1 N–H and O–H groups in total. The van der Waals surface area contributed by atoms with Crippen LogP contribution in [0.5, 0.6) is 0 Å². The summed E-state index contributed by atoms with van der Waals surface area (Å²) in [5, 5.41) is 16.8. The average molecular weight is 160 g/mol. The maximum absolute atomic E-state index is 10.4. The van der Waals surface area contributed by atoms with E-state index in [1.807, 2.05) is 5.97 Å². The third-order valence-electron chi connectivity index (χ3n) is 1.31. The van der Waals surface area contributed by atoms with Crippen molar-refractivity contribution in [3.8, 4) is 5.97 Å². The minimum Gasteiger partial charge on any atom is -0.478 e. The Morgan fingerprint density at radius 3 is 2.58 bits per heavy atom. The molecule has 58 valence electrons. The third-order valence-corrected chi connectivity index (χ3v) is 1.31. The SMILES string of the molecule is N#C[B-][n+]1ccc(C(=O)O)cc1. The van der Waals surface area contributed by atoms with E-state index in [-0.39, 0.29) is 5.56 Å². The molecule has 0 unspecified atom stereocenters. The Morgan fingerprint density at radius 2 is 2.17 bits per heavy atom. The van der Waals surface area contributed by atoms with E-state index in [0.717, 1.165) is 0 Å². The second kappa shape index (κ2) is 3.53. The summed E-state index contributed by atoms with van der Waals surface area (Å²) >= 11 is 0. The van der Waals surface area contributed by atoms with Gasteiger partial charge in [0, 0.05) is 12.1 Å². The van der Waals surface area contributed by atoms with Crippen molar-refractivity contribution in [2.24, 2.45) is 0 Å². The van der Waals surface area contributed by atoms with Crippen molar-refractivity contribution in [1.29, 1.82) is 5.26 Å². The van der Waals surface area contributed by atoms with Gasteiger partial charge in [0.1, 0.15) is 12.4 Å². The van der Waals surface area contributed by atoms with Crippen molar-refractivity contribution in [3.63, 3.8) is 0 Å². The van der Waals surface area contributed by atoms with Gasteiger partial charge in [0.25, 0.3) is 0 Å². The van der Waals surface area contributed by atoms with Crippen molar-refractivity contribution >= 4 is 13.4 Å². The van der Waals surface area contributed by atoms with Crippen LogP contribution in [0, 0.1) is 11.2 Å². The van der Waals surface area contributed by atoms with Crippen molar-refractivity contribution in [2.45, 2.75) is 0 Å². The van der Waals surface area contributed by atoms with E-state index < -0.39 is 5.97 Å². The number of hydrogen-bond donors (Lipinski definition) is 1. The standard InChI is InChI=1S/C7H4BN2O2/c9-5-8-10-3-1-6(2-4-10)7(11)12/h1-4H/q-1/p+1. The van der Waals surface area contributed by atoms with E-state index in [1.165, 1.54) is 36.4 Å². The summed E-state index contributed by atoms with van der Waals surface area (Å²) in [6, 6.07) is 2.85. The molecule has 0 aliphatic carbocycles. The van der Waals surface area contributed by atoms with Gasteiger partial charge in [0.15, 0.2) is 0 Å². The first-order valence-corrected chi connectivity index (χ1v) is 3.21. The average Bonchev–Trinajstić information content (AvgIpc) is 2.06. The molecule has 0 bridgehead atoms. The lowest BCUT2D eigenvalue weighted by molar-refractivity contribution is -0.527. The van der Waals surface area contributed by atoms with Crippen LogP contribution in [0.2, 0.25) is 0 Å². The fourth-order valence-corrected chi connectivity index (χ4v) is 0.733. The van der Waals surface area contributed by atoms with Gasteiger partial charge < -0.3 is 9.58 Å². The van der Waals surface area contributed by atoms with E-state index in [0.29, 0.717) is 0 Å². The van der Waals surface area contributed by atoms with Crippen molar-refractivity contribution in [2.75, 3.05) is 0 Å². The molecule has 1 aromatic heterocycles. The van der Waals surface area contributed by atoms with E-state index in [1.54, 1.807) is 0 Å². The predicted octanol–water partition coefficient (Wildman–Crippen LogP) is -0.379. The van der Waals surface area contributed by atoms with Gasteiger partial charge in [-0.25, -0.2) is 10.1 Å². The van der Waals surface area contributed by atoms with Crippen LogP contribution in [0.15, 0.2) is 24.5 Å². The second-order valence-corrected chi connectivity index (χ2v) is 2.10. The lowest BCUT2D eigenvalue weighted by atomic mass is 9.98. The molecular weight excluding hydrogens is 155 g/mol. The number of carbonyl (C=O) groups is 1. The number of carboxylic acid groups (broad SMARTS) is 1. The molecule has 0 saturated carbocycles. The monoisotopic (exact) mass is 160 g/mol. The molecule has 0 aromatic carbocycles. The van der Waals surface area contributed by atoms with Gasteiger partial charge in [0.2, 0.25) is 7.41 Å². The number of aromatic carboxylic acids is 1. The Balaban J connectivity index is 2.87. The molecule has 1 aromatic rings. The zero-order valence-electron chi connectivity index (χ0n) is 6.14. The molecule has 0 atom stereocenters. The van der Waals surface area contributed by atoms with E-state index in [9.17, 15) is 4.79 Å². The molecule has 12 heavy (non-hydrogen) atoms. The minimum atomic E-state index is -0.973. The van der Waals surface area contributed by atoms with E-state index in [4.69, 9.17) is 10.4 Å². The molecule has 0 saturated heterocycles. The number of hydrogen-bond acceptors (Lipinski definition) is 2. The summed E-state index contributed by atoms with van der Waals surface area (Å²) in [6.45, 7) is 0. The van der Waals surface area contributed by atoms with Gasteiger partial charge in [0.05, 0.1) is 5.56 Å². The van der Waals surface area contributed by atoms with Crippen molar-refractivity contribution in [3.05, 3.63) is 30.1 Å². The number of carboxylic acids is 1. The van der Waals surface area contributed by atoms with Gasteiger partial charge in [-0.05, 0) is 0 Å². The number of rotatable bonds is 2. The largest absolute Gasteiger partial charge is 0.478 e. The highest BCUT2D eigenvalue weighted by molar-refractivity contribution is 6.35. The van der Waals surface area contributed by atoms with Gasteiger partial charge >= 0.3 is 5.97 Å². The van der Waals surface area contributed by atoms with Crippen LogP contribution in [-0.4, -0.2) is 18.5 Å². The summed E-state index contributed by atoms with van der Waals surface area (Å²) in [5.74, 6) is 0.850. The molecule has 1 rings (SSSR count). The highest BCUT2D eigenvalue weighted by Gasteiger charge is 2.01. The van der Waals surface area contributed by atoms with Crippen LogP contribution in [0.1, 0.15) is 10.4 Å². The molecular formula is C7H5BN2O2. The van der Waals surface area contributed by atoms with Gasteiger partial charge in [-0.2, -0.15) is 0 Å². The zero-order chi connectivity index (χ0) is 8.97. The molecule has 0 fully saturated rings. The Hall–Kier alpha value is -1.83. The third kappa shape index (κ3) is 1.83. The molecule has 0 aliphatic heterocycles. The summed E-state index contributed by atoms with van der Waals surface area (Å²) < 4.78 is 1.48. The van der Waals surface area contributed by atoms with Gasteiger partial charge in [-0.15, -0.1) is 5.97 Å². The Labute approximate surface area is 69.9 Å². The van der Waals surface area contributed by atoms with E-state index in [2.05, 4.69) is 0 Å². The van der Waals surface area contributed by atoms with Crippen LogP contribution in [-0.2, 0) is 0 Å². The normalized spacial score (nSPS) is 8.92. The fourth-order valence-electron chi connectivity index (χ4n) is 0.733. The number of pyridine rings is 1. The van der Waals surface area contributed by atoms with Gasteiger partial charge in [-0.1, -0.05) is 0 Å². The molecule has 0 amide bonds. The molecule has 2 radical (unpaired) electrons. The first-order chi connectivity index (χ1) is 5.74. The van der Waals surface area contributed by atoms with E-state index >= 15 is 0 Å². The quantitative estimate of drug-likeness (QED) is 0.599. The first kappa shape index (κ1) is 8.27. The van der Waals surface area contributed by atoms with Crippen molar-refractivity contribution < 1.29 is 14.4 Å². The van der Waals surface area contributed by atoms with Gasteiger partial charge in [-0.3, -0.25) is 0 Å². The lowest BCUT2D eigenvalue weighted by Crippen LogP contribution is -2.38. The highest BCUT2D eigenvalue weighted by atomic mass is 16.4. The molecule has 1 heterocycles. The second-order valence-electron chi connectivity index (χ2n) is 2.10.